The summed E-state index contributed by atoms with van der Waals surface area (Å²) in [4.78, 5) is 4.94. The molecule has 1 saturated carbocycles. The number of rotatable bonds is 7. The quantitative estimate of drug-likeness (QED) is 0.498. The van der Waals surface area contributed by atoms with Crippen LogP contribution in [0.25, 0.3) is 0 Å². The van der Waals surface area contributed by atoms with Gasteiger partial charge < -0.3 is 19.9 Å². The lowest BCUT2D eigenvalue weighted by atomic mass is 9.78. The Hall–Kier alpha value is -2.57. The highest BCUT2D eigenvalue weighted by Gasteiger charge is 2.34. The highest BCUT2D eigenvalue weighted by atomic mass is 16.5. The van der Waals surface area contributed by atoms with Crippen LogP contribution in [0.1, 0.15) is 75.6 Å². The molecule has 174 valence electrons. The summed E-state index contributed by atoms with van der Waals surface area (Å²) in [7, 11) is 1.99. The third-order valence-electron chi connectivity index (χ3n) is 6.97. The number of nitrogens with one attached hydrogen (secondary N) is 2. The Balaban J connectivity index is 1.53. The Bertz CT molecular complexity index is 928. The number of hydrogen-bond acceptors (Lipinski definition) is 4. The fourth-order valence-corrected chi connectivity index (χ4v) is 5.26. The summed E-state index contributed by atoms with van der Waals surface area (Å²) in [5.74, 6) is 4.29. The molecule has 0 radical (unpaired) electrons. The van der Waals surface area contributed by atoms with Gasteiger partial charge in [0.2, 0.25) is 0 Å². The molecule has 2 aromatic rings. The number of guanidine groups is 1. The largest absolute Gasteiger partial charge is 0.493 e. The number of aliphatic imine (C=N–C) groups is 1. The fourth-order valence-electron chi connectivity index (χ4n) is 5.26. The van der Waals surface area contributed by atoms with Gasteiger partial charge in [-0.05, 0) is 43.6 Å². The molecule has 1 aromatic carbocycles. The van der Waals surface area contributed by atoms with Crippen molar-refractivity contribution in [2.75, 3.05) is 13.2 Å². The molecule has 1 aliphatic carbocycles. The van der Waals surface area contributed by atoms with Crippen LogP contribution < -0.4 is 15.4 Å². The van der Waals surface area contributed by atoms with Crippen molar-refractivity contribution in [2.45, 2.75) is 71.9 Å². The Morgan fingerprint density at radius 2 is 2.03 bits per heavy atom. The van der Waals surface area contributed by atoms with E-state index in [2.05, 4.69) is 46.8 Å². The monoisotopic (exact) mass is 438 g/mol. The average molecular weight is 439 g/mol. The molecular formula is C25H38N6O. The first-order chi connectivity index (χ1) is 15.5. The average Bonchev–Trinajstić information content (AvgIpc) is 3.37. The minimum Gasteiger partial charge on any atom is -0.493 e. The van der Waals surface area contributed by atoms with Gasteiger partial charge in [0.15, 0.2) is 11.8 Å². The highest BCUT2D eigenvalue weighted by Crippen LogP contribution is 2.42. The Labute approximate surface area is 192 Å². The van der Waals surface area contributed by atoms with E-state index in [1.165, 1.54) is 37.7 Å². The van der Waals surface area contributed by atoms with Gasteiger partial charge in [-0.15, -0.1) is 10.2 Å². The summed E-state index contributed by atoms with van der Waals surface area (Å²) in [6.07, 6.45) is 7.44. The number of para-hydroxylation sites is 1. The molecule has 0 saturated heterocycles. The molecule has 0 bridgehead atoms. The van der Waals surface area contributed by atoms with Crippen molar-refractivity contribution in [3.05, 3.63) is 41.5 Å². The first kappa shape index (κ1) is 22.6. The predicted molar refractivity (Wildman–Crippen MR) is 128 cm³/mol. The first-order valence-electron chi connectivity index (χ1n) is 12.1. The van der Waals surface area contributed by atoms with Gasteiger partial charge in [0.1, 0.15) is 18.1 Å². The molecule has 1 atom stereocenters. The molecule has 1 aromatic heterocycles. The molecule has 2 heterocycles. The van der Waals surface area contributed by atoms with E-state index in [4.69, 9.17) is 9.73 Å². The number of ether oxygens (including phenoxy) is 1. The second kappa shape index (κ2) is 9.92. The molecule has 32 heavy (non-hydrogen) atoms. The Morgan fingerprint density at radius 3 is 2.75 bits per heavy atom. The van der Waals surface area contributed by atoms with E-state index in [0.29, 0.717) is 24.5 Å². The van der Waals surface area contributed by atoms with E-state index in [1.54, 1.807) is 0 Å². The second-order valence-corrected chi connectivity index (χ2v) is 9.92. The van der Waals surface area contributed by atoms with E-state index >= 15 is 0 Å². The normalized spacial score (nSPS) is 20.2. The van der Waals surface area contributed by atoms with Gasteiger partial charge >= 0.3 is 0 Å². The molecule has 4 rings (SSSR count). The van der Waals surface area contributed by atoms with Crippen LogP contribution in [0.5, 0.6) is 5.75 Å². The van der Waals surface area contributed by atoms with Crippen molar-refractivity contribution in [1.29, 1.82) is 0 Å². The maximum absolute atomic E-state index is 5.86. The minimum absolute atomic E-state index is 0.178. The van der Waals surface area contributed by atoms with Crippen LogP contribution in [-0.4, -0.2) is 33.9 Å². The number of benzene rings is 1. The zero-order valence-corrected chi connectivity index (χ0v) is 20.0. The molecule has 1 fully saturated rings. The van der Waals surface area contributed by atoms with Gasteiger partial charge in [-0.1, -0.05) is 44.9 Å². The molecule has 1 aliphatic heterocycles. The molecular weight excluding hydrogens is 400 g/mol. The number of fused-ring (bicyclic) bond motifs is 1. The lowest BCUT2D eigenvalue weighted by Gasteiger charge is -2.33. The molecule has 0 spiro atoms. The van der Waals surface area contributed by atoms with Crippen LogP contribution in [0, 0.1) is 18.3 Å². The summed E-state index contributed by atoms with van der Waals surface area (Å²) in [6, 6.07) is 8.47. The SMILES string of the molecule is Cc1nnc(CN=C(NCC2(CC(C)C)CCCC2)NC2CCOc3ccccc32)n1C. The zero-order valence-electron chi connectivity index (χ0n) is 20.0. The van der Waals surface area contributed by atoms with Gasteiger partial charge in [-0.2, -0.15) is 0 Å². The van der Waals surface area contributed by atoms with Gasteiger partial charge in [0.05, 0.1) is 12.6 Å². The molecule has 0 amide bonds. The van der Waals surface area contributed by atoms with Gasteiger partial charge in [0.25, 0.3) is 0 Å². The predicted octanol–water partition coefficient (Wildman–Crippen LogP) is 4.29. The molecule has 2 N–H and O–H groups in total. The number of aromatic nitrogens is 3. The van der Waals surface area contributed by atoms with Crippen LogP contribution in [0.4, 0.5) is 0 Å². The summed E-state index contributed by atoms with van der Waals surface area (Å²) in [6.45, 7) is 8.80. The number of nitrogens with zero attached hydrogens (tertiary/aromatic N) is 4. The maximum Gasteiger partial charge on any atom is 0.192 e. The third kappa shape index (κ3) is 5.25. The Kier molecular flexibility index (Phi) is 7.01. The molecule has 7 nitrogen and oxygen atoms in total. The van der Waals surface area contributed by atoms with Crippen molar-refractivity contribution >= 4 is 5.96 Å². The van der Waals surface area contributed by atoms with Gasteiger partial charge in [0, 0.05) is 25.6 Å². The summed E-state index contributed by atoms with van der Waals surface area (Å²) < 4.78 is 7.86. The number of hydrogen-bond donors (Lipinski definition) is 2. The van der Waals surface area contributed by atoms with E-state index in [9.17, 15) is 0 Å². The molecule has 7 heteroatoms. The maximum atomic E-state index is 5.86. The van der Waals surface area contributed by atoms with Crippen LogP contribution in [0.3, 0.4) is 0 Å². The van der Waals surface area contributed by atoms with Gasteiger partial charge in [-0.3, -0.25) is 0 Å². The van der Waals surface area contributed by atoms with Crippen LogP contribution in [-0.2, 0) is 13.6 Å². The van der Waals surface area contributed by atoms with Crippen LogP contribution >= 0.6 is 0 Å². The lowest BCUT2D eigenvalue weighted by Crippen LogP contribution is -2.45. The minimum atomic E-state index is 0.178. The van der Waals surface area contributed by atoms with Gasteiger partial charge in [-0.25, -0.2) is 4.99 Å². The van der Waals surface area contributed by atoms with Crippen molar-refractivity contribution in [2.24, 2.45) is 23.4 Å². The standard InChI is InChI=1S/C25H38N6O/c1-18(2)15-25(12-7-8-13-25)17-27-24(26-16-23-30-29-19(3)31(23)4)28-21-11-14-32-22-10-6-5-9-20(21)22/h5-6,9-10,18,21H,7-8,11-17H2,1-4H3,(H2,26,27,28). The molecule has 2 aliphatic rings. The van der Waals surface area contributed by atoms with Crippen molar-refractivity contribution in [3.63, 3.8) is 0 Å². The van der Waals surface area contributed by atoms with Crippen molar-refractivity contribution in [1.82, 2.24) is 25.4 Å². The van der Waals surface area contributed by atoms with Crippen molar-refractivity contribution in [3.8, 4) is 5.75 Å². The summed E-state index contributed by atoms with van der Waals surface area (Å²) in [5.41, 5.74) is 1.56. The molecule has 1 unspecified atom stereocenters. The van der Waals surface area contributed by atoms with Crippen molar-refractivity contribution < 1.29 is 4.74 Å². The lowest BCUT2D eigenvalue weighted by molar-refractivity contribution is 0.233. The third-order valence-corrected chi connectivity index (χ3v) is 6.97. The first-order valence-corrected chi connectivity index (χ1v) is 12.1. The van der Waals surface area contributed by atoms with E-state index < -0.39 is 0 Å². The van der Waals surface area contributed by atoms with E-state index in [1.807, 2.05) is 30.7 Å². The smallest absolute Gasteiger partial charge is 0.192 e. The highest BCUT2D eigenvalue weighted by molar-refractivity contribution is 5.80. The van der Waals surface area contributed by atoms with E-state index in [0.717, 1.165) is 36.3 Å². The Morgan fingerprint density at radius 1 is 1.25 bits per heavy atom. The fraction of sp³-hybridized carbons (Fsp3) is 0.640. The second-order valence-electron chi connectivity index (χ2n) is 9.92. The van der Waals surface area contributed by atoms with E-state index in [-0.39, 0.29) is 6.04 Å². The zero-order chi connectivity index (χ0) is 22.6. The van der Waals surface area contributed by atoms with Crippen LogP contribution in [0.15, 0.2) is 29.3 Å². The number of aryl methyl sites for hydroxylation is 1. The topological polar surface area (TPSA) is 76.4 Å². The summed E-state index contributed by atoms with van der Waals surface area (Å²) >= 11 is 0. The van der Waals surface area contributed by atoms with Crippen LogP contribution in [0.2, 0.25) is 0 Å². The summed E-state index contributed by atoms with van der Waals surface area (Å²) in [5, 5.41) is 15.9.